The Hall–Kier alpha value is -5.46. The average molecular weight is 666 g/mol. The number of hydrogen-bond donors (Lipinski definition) is 0. The summed E-state index contributed by atoms with van der Waals surface area (Å²) < 4.78 is 54.4. The van der Waals surface area contributed by atoms with Crippen molar-refractivity contribution in [2.45, 2.75) is 0 Å². The second-order valence-electron chi connectivity index (χ2n) is 12.0. The predicted octanol–water partition coefficient (Wildman–Crippen LogP) is 12.7. The molecule has 0 unspecified atom stereocenters. The number of fused-ring (bicyclic) bond motifs is 7. The van der Waals surface area contributed by atoms with Crippen LogP contribution >= 0.6 is 0 Å². The van der Waals surface area contributed by atoms with Gasteiger partial charge in [0.05, 0.1) is 0 Å². The van der Waals surface area contributed by atoms with Crippen molar-refractivity contribution in [3.63, 3.8) is 0 Å². The minimum absolute atomic E-state index is 0.0905. The van der Waals surface area contributed by atoms with E-state index < -0.39 is 6.04 Å². The first-order valence-corrected chi connectivity index (χ1v) is 17.4. The van der Waals surface area contributed by atoms with Crippen molar-refractivity contribution in [2.75, 3.05) is 0 Å². The fourth-order valence-corrected chi connectivity index (χ4v) is 9.76. The summed E-state index contributed by atoms with van der Waals surface area (Å²) in [6.45, 7) is 0. The Kier molecular flexibility index (Phi) is 4.79. The van der Waals surface area contributed by atoms with Gasteiger partial charge in [-0.3, -0.25) is 0 Å². The zero-order valence-corrected chi connectivity index (χ0v) is 26.8. The quantitative estimate of drug-likeness (QED) is 0.130. The van der Waals surface area contributed by atoms with Crippen LogP contribution in [0.15, 0.2) is 170 Å². The molecule has 0 saturated heterocycles. The molecular formula is C46H28Se. The number of benzene rings is 9. The van der Waals surface area contributed by atoms with E-state index >= 15 is 0 Å². The summed E-state index contributed by atoms with van der Waals surface area (Å²) in [4.78, 5) is 0. The molecule has 0 spiro atoms. The third kappa shape index (κ3) is 4.14. The Morgan fingerprint density at radius 2 is 0.851 bits per heavy atom. The first kappa shape index (κ1) is 21.4. The average Bonchev–Trinajstić information content (AvgIpc) is 3.56. The van der Waals surface area contributed by atoms with Crippen LogP contribution in [0.1, 0.15) is 8.22 Å². The first-order chi connectivity index (χ1) is 25.8. The normalized spacial score (nSPS) is 13.6. The van der Waals surface area contributed by atoms with Crippen LogP contribution in [0.5, 0.6) is 0 Å². The third-order valence-corrected chi connectivity index (χ3v) is 11.8. The van der Waals surface area contributed by atoms with Crippen molar-refractivity contribution in [1.82, 2.24) is 0 Å². The van der Waals surface area contributed by atoms with Gasteiger partial charge in [0, 0.05) is 0 Å². The van der Waals surface area contributed by atoms with E-state index in [1.54, 1.807) is 0 Å². The molecule has 1 aromatic heterocycles. The SMILES string of the molecule is [2H]c1c([2H])c([2H])c(-c2c3ccccc3c(-c3ccc4c(c3)[se]c3ccc(-c5c6ccccc6c([2H])c6ccccc56)cc34)c3ccccc23)c([2H])c1[2H]. The van der Waals surface area contributed by atoms with Crippen LogP contribution in [-0.4, -0.2) is 14.5 Å². The van der Waals surface area contributed by atoms with Gasteiger partial charge in [0.1, 0.15) is 0 Å². The summed E-state index contributed by atoms with van der Waals surface area (Å²) in [7, 11) is 0. The van der Waals surface area contributed by atoms with Crippen molar-refractivity contribution >= 4 is 76.9 Å². The molecule has 0 aliphatic heterocycles. The fourth-order valence-electron chi connectivity index (χ4n) is 7.39. The van der Waals surface area contributed by atoms with E-state index in [1.165, 1.54) is 19.3 Å². The first-order valence-electron chi connectivity index (χ1n) is 18.7. The van der Waals surface area contributed by atoms with Gasteiger partial charge in [-0.15, -0.1) is 0 Å². The maximum atomic E-state index is 8.97. The van der Waals surface area contributed by atoms with Gasteiger partial charge in [-0.25, -0.2) is 0 Å². The van der Waals surface area contributed by atoms with Crippen LogP contribution in [0.25, 0.3) is 95.8 Å². The van der Waals surface area contributed by atoms with Crippen LogP contribution < -0.4 is 0 Å². The van der Waals surface area contributed by atoms with Gasteiger partial charge in [-0.2, -0.15) is 0 Å². The molecule has 1 heteroatoms. The van der Waals surface area contributed by atoms with Crippen molar-refractivity contribution in [3.8, 4) is 33.4 Å². The van der Waals surface area contributed by atoms with Crippen molar-refractivity contribution in [3.05, 3.63) is 170 Å². The van der Waals surface area contributed by atoms with Gasteiger partial charge in [0.15, 0.2) is 0 Å². The number of rotatable bonds is 3. The maximum absolute atomic E-state index is 8.97. The molecule has 10 rings (SSSR count). The van der Waals surface area contributed by atoms with Gasteiger partial charge >= 0.3 is 288 Å². The summed E-state index contributed by atoms with van der Waals surface area (Å²) in [5.74, 6) is 0. The molecule has 0 amide bonds. The molecule has 0 radical (unpaired) electrons. The zero-order valence-electron chi connectivity index (χ0n) is 31.1. The molecule has 0 atom stereocenters. The van der Waals surface area contributed by atoms with Gasteiger partial charge in [-0.05, 0) is 0 Å². The molecule has 47 heavy (non-hydrogen) atoms. The Morgan fingerprint density at radius 3 is 1.47 bits per heavy atom. The summed E-state index contributed by atoms with van der Waals surface area (Å²) in [6, 6.07) is 45.2. The molecule has 218 valence electrons. The number of hydrogen-bond acceptors (Lipinski definition) is 0. The molecule has 10 aromatic rings. The topological polar surface area (TPSA) is 0 Å². The molecule has 0 saturated carbocycles. The van der Waals surface area contributed by atoms with Crippen molar-refractivity contribution in [1.29, 1.82) is 0 Å². The second-order valence-corrected chi connectivity index (χ2v) is 14.2. The van der Waals surface area contributed by atoms with E-state index in [0.717, 1.165) is 65.3 Å². The molecule has 0 N–H and O–H groups in total. The molecule has 1 heterocycles. The van der Waals surface area contributed by atoms with Crippen LogP contribution in [0.3, 0.4) is 0 Å². The zero-order chi connectivity index (χ0) is 36.1. The molecule has 0 aliphatic rings. The van der Waals surface area contributed by atoms with Gasteiger partial charge in [0.2, 0.25) is 0 Å². The monoisotopic (exact) mass is 666 g/mol. The van der Waals surface area contributed by atoms with E-state index in [-0.39, 0.29) is 44.2 Å². The predicted molar refractivity (Wildman–Crippen MR) is 205 cm³/mol. The van der Waals surface area contributed by atoms with Crippen molar-refractivity contribution in [2.24, 2.45) is 0 Å². The van der Waals surface area contributed by atoms with Crippen LogP contribution in [0, 0.1) is 0 Å². The molecule has 0 nitrogen and oxygen atoms in total. The summed E-state index contributed by atoms with van der Waals surface area (Å²) in [5, 5.41) is 10.2. The van der Waals surface area contributed by atoms with Gasteiger partial charge in [0.25, 0.3) is 0 Å². The minimum atomic E-state index is -0.394. The Balaban J connectivity index is 1.21. The molecule has 9 aromatic carbocycles. The molecular weight excluding hydrogens is 631 g/mol. The fraction of sp³-hybridized carbons (Fsp3) is 0. The van der Waals surface area contributed by atoms with E-state index in [0.29, 0.717) is 11.6 Å². The molecule has 0 bridgehead atoms. The molecule has 0 aliphatic carbocycles. The third-order valence-electron chi connectivity index (χ3n) is 9.39. The summed E-state index contributed by atoms with van der Waals surface area (Å²) >= 11 is 0.0905. The van der Waals surface area contributed by atoms with E-state index in [2.05, 4.69) is 72.8 Å². The Bertz CT molecular complexity index is 3050. The van der Waals surface area contributed by atoms with E-state index in [9.17, 15) is 0 Å². The van der Waals surface area contributed by atoms with E-state index in [4.69, 9.17) is 8.22 Å². The Morgan fingerprint density at radius 1 is 0.362 bits per heavy atom. The van der Waals surface area contributed by atoms with Crippen LogP contribution in [0.4, 0.5) is 0 Å². The van der Waals surface area contributed by atoms with Gasteiger partial charge in [-0.1, -0.05) is 0 Å². The van der Waals surface area contributed by atoms with Crippen molar-refractivity contribution < 1.29 is 8.22 Å². The second kappa shape index (κ2) is 10.5. The summed E-state index contributed by atoms with van der Waals surface area (Å²) in [6.07, 6.45) is 0. The summed E-state index contributed by atoms with van der Waals surface area (Å²) in [5.41, 5.74) is 5.32. The standard InChI is InChI=1S/C46H28Se/c1-2-12-29(13-3-1)44-37-18-8-10-20-39(37)46(40-21-11-9-19-38(40)44)33-22-24-36-41-27-32(23-25-42(41)47-43(36)28-33)45-34-16-6-4-14-30(34)26-31-15-5-7-17-35(31)45/h1-28H/i1D,2D,3D,12D,13D,26D. The van der Waals surface area contributed by atoms with Crippen LogP contribution in [-0.2, 0) is 0 Å². The van der Waals surface area contributed by atoms with Crippen LogP contribution in [0.2, 0.25) is 0 Å². The van der Waals surface area contributed by atoms with Gasteiger partial charge < -0.3 is 0 Å². The molecule has 0 fully saturated rings. The Labute approximate surface area is 287 Å². The van der Waals surface area contributed by atoms with E-state index in [1.807, 2.05) is 60.7 Å².